The maximum atomic E-state index is 13.0. The predicted octanol–water partition coefficient (Wildman–Crippen LogP) is 6.52. The third kappa shape index (κ3) is 10.8. The molecule has 2 amide bonds. The molecule has 3 N–H and O–H groups in total. The van der Waals surface area contributed by atoms with Gasteiger partial charge in [0, 0.05) is 37.8 Å². The number of anilines is 2. The van der Waals surface area contributed by atoms with Crippen molar-refractivity contribution in [2.75, 3.05) is 31.0 Å². The van der Waals surface area contributed by atoms with Gasteiger partial charge < -0.3 is 34.1 Å². The van der Waals surface area contributed by atoms with Crippen LogP contribution in [0.15, 0.2) is 24.4 Å². The summed E-state index contributed by atoms with van der Waals surface area (Å²) in [7, 11) is -0.00491. The zero-order chi connectivity index (χ0) is 32.5. The maximum absolute atomic E-state index is 13.0. The van der Waals surface area contributed by atoms with Crippen molar-refractivity contribution in [3.05, 3.63) is 30.2 Å². The van der Waals surface area contributed by atoms with Gasteiger partial charge in [-0.3, -0.25) is 5.32 Å². The Kier molecular flexibility index (Phi) is 12.2. The highest BCUT2D eigenvalue weighted by molar-refractivity contribution is 6.76. The summed E-state index contributed by atoms with van der Waals surface area (Å²) < 4.78 is 23.8. The Balaban J connectivity index is 2.09. The number of nitrogens with one attached hydrogen (secondary N) is 3. The lowest BCUT2D eigenvalue weighted by molar-refractivity contribution is -0.144. The Morgan fingerprint density at radius 3 is 2.50 bits per heavy atom. The number of fused-ring (bicyclic) bond motifs is 4. The zero-order valence-corrected chi connectivity index (χ0v) is 28.4. The second kappa shape index (κ2) is 15.4. The fourth-order valence-corrected chi connectivity index (χ4v) is 5.47. The van der Waals surface area contributed by atoms with Gasteiger partial charge in [0.05, 0.1) is 25.5 Å². The average Bonchev–Trinajstić information content (AvgIpc) is 3.34. The Hall–Kier alpha value is -3.58. The largest absolute Gasteiger partial charge is 0.464 e. The van der Waals surface area contributed by atoms with E-state index in [4.69, 9.17) is 23.9 Å². The molecule has 1 aromatic heterocycles. The number of amides is 2. The summed E-state index contributed by atoms with van der Waals surface area (Å²) >= 11 is 0. The monoisotopic (exact) mass is 631 g/mol. The SMILES string of the molecule is CCOC(=O)[C@@H]1CCCC[C@H](NC(=O)OC(C)(C)C)c2nc(cn2COCC[Si](C)(C)C)-c2ccc(NC(=O)OC)cc2N1. The Morgan fingerprint density at radius 2 is 1.84 bits per heavy atom. The first kappa shape index (κ1) is 34.9. The summed E-state index contributed by atoms with van der Waals surface area (Å²) in [6.45, 7) is 15.3. The van der Waals surface area contributed by atoms with E-state index in [9.17, 15) is 14.4 Å². The molecule has 1 aliphatic rings. The van der Waals surface area contributed by atoms with Crippen molar-refractivity contribution in [1.29, 1.82) is 0 Å². The summed E-state index contributed by atoms with van der Waals surface area (Å²) in [4.78, 5) is 42.9. The molecule has 1 aliphatic heterocycles. The third-order valence-electron chi connectivity index (χ3n) is 6.90. The lowest BCUT2D eigenvalue weighted by atomic mass is 10.0. The van der Waals surface area contributed by atoms with Crippen LogP contribution < -0.4 is 16.0 Å². The molecular weight excluding hydrogens is 582 g/mol. The van der Waals surface area contributed by atoms with Gasteiger partial charge >= 0.3 is 18.2 Å². The Bertz CT molecular complexity index is 1290. The van der Waals surface area contributed by atoms with Crippen LogP contribution in [0.1, 0.15) is 65.2 Å². The summed E-state index contributed by atoms with van der Waals surface area (Å²) in [5.41, 5.74) is 1.72. The molecule has 1 aromatic carbocycles. The summed E-state index contributed by atoms with van der Waals surface area (Å²) in [6, 6.07) is 5.22. The highest BCUT2D eigenvalue weighted by atomic mass is 28.3. The van der Waals surface area contributed by atoms with Crippen LogP contribution in [-0.4, -0.2) is 67.7 Å². The zero-order valence-electron chi connectivity index (χ0n) is 27.4. The van der Waals surface area contributed by atoms with E-state index < -0.39 is 37.9 Å². The van der Waals surface area contributed by atoms with Crippen LogP contribution in [0.5, 0.6) is 0 Å². The number of hydrogen-bond donors (Lipinski definition) is 3. The quantitative estimate of drug-likeness (QED) is 0.122. The van der Waals surface area contributed by atoms with Crippen LogP contribution in [0.25, 0.3) is 11.3 Å². The minimum absolute atomic E-state index is 0.251. The van der Waals surface area contributed by atoms with E-state index in [1.54, 1.807) is 19.1 Å². The summed E-state index contributed by atoms with van der Waals surface area (Å²) in [5, 5.41) is 9.07. The van der Waals surface area contributed by atoms with Gasteiger partial charge in [0.1, 0.15) is 24.2 Å². The number of rotatable bonds is 9. The molecule has 12 nitrogen and oxygen atoms in total. The molecule has 0 spiro atoms. The third-order valence-corrected chi connectivity index (χ3v) is 8.60. The van der Waals surface area contributed by atoms with E-state index >= 15 is 0 Å². The number of carbonyl (C=O) groups is 3. The normalized spacial score (nSPS) is 17.2. The molecule has 2 heterocycles. The summed E-state index contributed by atoms with van der Waals surface area (Å²) in [5.74, 6) is 0.274. The molecule has 0 aliphatic carbocycles. The van der Waals surface area contributed by atoms with Crippen molar-refractivity contribution in [3.8, 4) is 11.3 Å². The molecule has 2 aromatic rings. The lowest BCUT2D eigenvalue weighted by Crippen LogP contribution is -2.36. The highest BCUT2D eigenvalue weighted by Gasteiger charge is 2.28. The van der Waals surface area contributed by atoms with Gasteiger partial charge in [-0.05, 0) is 64.8 Å². The molecule has 244 valence electrons. The van der Waals surface area contributed by atoms with Crippen LogP contribution in [0.3, 0.4) is 0 Å². The number of esters is 1. The van der Waals surface area contributed by atoms with Gasteiger partial charge in [0.15, 0.2) is 0 Å². The Morgan fingerprint density at radius 1 is 1.11 bits per heavy atom. The average molecular weight is 632 g/mol. The van der Waals surface area contributed by atoms with Crippen molar-refractivity contribution in [2.24, 2.45) is 0 Å². The predicted molar refractivity (Wildman–Crippen MR) is 172 cm³/mol. The standard InChI is InChI=1S/C31H49N5O7Si/c1-9-42-28(37)24-13-11-10-12-23(35-30(39)43-31(2,3)4)27-34-26(19-36(27)20-41-16-17-44(6,7)8)22-15-14-21(18-25(22)33-24)32-29(38)40-5/h14-15,18-19,23-24,33H,9-13,16-17,20H2,1-8H3,(H,32,38)(H,35,39)/t23-,24-/m0/s1. The number of ether oxygens (including phenoxy) is 4. The number of aromatic nitrogens is 2. The molecule has 0 fully saturated rings. The highest BCUT2D eigenvalue weighted by Crippen LogP contribution is 2.34. The fraction of sp³-hybridized carbons (Fsp3) is 0.613. The van der Waals surface area contributed by atoms with Crippen LogP contribution in [0.2, 0.25) is 25.7 Å². The first-order chi connectivity index (χ1) is 20.7. The minimum Gasteiger partial charge on any atom is -0.464 e. The molecule has 0 saturated heterocycles. The second-order valence-electron chi connectivity index (χ2n) is 13.1. The fourth-order valence-electron chi connectivity index (χ4n) is 4.71. The van der Waals surface area contributed by atoms with Crippen molar-refractivity contribution in [2.45, 2.75) is 103 Å². The molecule has 3 rings (SSSR count). The van der Waals surface area contributed by atoms with Crippen molar-refractivity contribution in [3.63, 3.8) is 0 Å². The molecule has 0 saturated carbocycles. The van der Waals surface area contributed by atoms with Crippen molar-refractivity contribution >= 4 is 37.6 Å². The van der Waals surface area contributed by atoms with Gasteiger partial charge in [-0.25, -0.2) is 19.4 Å². The molecule has 13 heteroatoms. The number of nitrogens with zero attached hydrogens (tertiary/aromatic N) is 2. The Labute approximate surface area is 261 Å². The van der Waals surface area contributed by atoms with E-state index in [1.165, 1.54) is 7.11 Å². The maximum Gasteiger partial charge on any atom is 0.411 e. The number of methoxy groups -OCH3 is 1. The first-order valence-corrected chi connectivity index (χ1v) is 19.0. The van der Waals surface area contributed by atoms with Gasteiger partial charge in [-0.15, -0.1) is 0 Å². The van der Waals surface area contributed by atoms with E-state index in [1.807, 2.05) is 37.6 Å². The molecule has 2 atom stereocenters. The van der Waals surface area contributed by atoms with E-state index in [2.05, 4.69) is 35.6 Å². The van der Waals surface area contributed by atoms with Crippen LogP contribution in [0, 0.1) is 0 Å². The second-order valence-corrected chi connectivity index (χ2v) is 18.7. The topological polar surface area (TPSA) is 142 Å². The van der Waals surface area contributed by atoms with Gasteiger partial charge in [-0.1, -0.05) is 32.5 Å². The van der Waals surface area contributed by atoms with Crippen molar-refractivity contribution < 1.29 is 33.3 Å². The van der Waals surface area contributed by atoms with Gasteiger partial charge in [0.2, 0.25) is 0 Å². The van der Waals surface area contributed by atoms with Crippen LogP contribution in [-0.2, 0) is 30.5 Å². The number of imidazole rings is 1. The summed E-state index contributed by atoms with van der Waals surface area (Å²) in [6.07, 6.45) is 3.20. The van der Waals surface area contributed by atoms with E-state index in [0.29, 0.717) is 60.7 Å². The lowest BCUT2D eigenvalue weighted by Gasteiger charge is -2.25. The number of hydrogen-bond acceptors (Lipinski definition) is 9. The number of carbonyl (C=O) groups excluding carboxylic acids is 3. The van der Waals surface area contributed by atoms with Crippen molar-refractivity contribution in [1.82, 2.24) is 14.9 Å². The minimum atomic E-state index is -1.30. The molecule has 2 bridgehead atoms. The van der Waals surface area contributed by atoms with Crippen LogP contribution >= 0.6 is 0 Å². The first-order valence-electron chi connectivity index (χ1n) is 15.3. The van der Waals surface area contributed by atoms with Gasteiger partial charge in [-0.2, -0.15) is 0 Å². The van der Waals surface area contributed by atoms with E-state index in [0.717, 1.165) is 6.04 Å². The van der Waals surface area contributed by atoms with Gasteiger partial charge in [0.25, 0.3) is 0 Å². The van der Waals surface area contributed by atoms with Crippen LogP contribution in [0.4, 0.5) is 21.0 Å². The molecule has 44 heavy (non-hydrogen) atoms. The smallest absolute Gasteiger partial charge is 0.411 e. The number of benzene rings is 1. The molecule has 0 radical (unpaired) electrons. The molecular formula is C31H49N5O7Si. The van der Waals surface area contributed by atoms with E-state index in [-0.39, 0.29) is 19.3 Å². The molecule has 0 unspecified atom stereocenters. The number of alkyl carbamates (subject to hydrolysis) is 1.